The number of hydrogen-bond donors (Lipinski definition) is 1. The third kappa shape index (κ3) is 2.66. The molecule has 0 saturated heterocycles. The number of pyridine rings is 1. The zero-order valence-corrected chi connectivity index (χ0v) is 13.2. The molecule has 0 saturated carbocycles. The topological polar surface area (TPSA) is 59.7 Å². The van der Waals surface area contributed by atoms with E-state index in [1.807, 2.05) is 42.5 Å². The molecule has 1 aliphatic heterocycles. The molecule has 0 fully saturated rings. The van der Waals surface area contributed by atoms with Crippen LogP contribution < -0.4 is 16.1 Å². The Kier molecular flexibility index (Phi) is 3.55. The summed E-state index contributed by atoms with van der Waals surface area (Å²) in [6, 6.07) is 12.9. The number of nitrogens with zero attached hydrogens (tertiary/aromatic N) is 2. The molecule has 0 spiro atoms. The van der Waals surface area contributed by atoms with Gasteiger partial charge in [-0.2, -0.15) is 0 Å². The van der Waals surface area contributed by atoms with Crippen LogP contribution >= 0.6 is 11.6 Å². The minimum Gasteiger partial charge on any atom is -0.457 e. The highest BCUT2D eigenvalue weighted by molar-refractivity contribution is 6.30. The van der Waals surface area contributed by atoms with Crippen LogP contribution in [-0.2, 0) is 4.74 Å². The van der Waals surface area contributed by atoms with Gasteiger partial charge in [0.1, 0.15) is 11.2 Å². The molecule has 1 aliphatic rings. The van der Waals surface area contributed by atoms with E-state index in [0.717, 1.165) is 11.1 Å². The van der Waals surface area contributed by atoms with Gasteiger partial charge in [-0.25, -0.2) is 5.43 Å². The molecule has 2 aromatic heterocycles. The maximum Gasteiger partial charge on any atom is 0.247 e. The first kappa shape index (κ1) is 14.5. The zero-order valence-electron chi connectivity index (χ0n) is 12.5. The Labute approximate surface area is 142 Å². The minimum atomic E-state index is 0.451. The lowest BCUT2D eigenvalue weighted by Gasteiger charge is -1.99. The highest BCUT2D eigenvalue weighted by Crippen LogP contribution is 2.19. The molecule has 0 radical (unpaired) electrons. The third-order valence-electron chi connectivity index (χ3n) is 3.55. The Morgan fingerprint density at radius 2 is 1.92 bits per heavy atom. The van der Waals surface area contributed by atoms with E-state index >= 15 is 0 Å². The Morgan fingerprint density at radius 1 is 1.08 bits per heavy atom. The van der Waals surface area contributed by atoms with Gasteiger partial charge < -0.3 is 9.15 Å². The van der Waals surface area contributed by atoms with Gasteiger partial charge in [0.25, 0.3) is 0 Å². The standard InChI is InChI=1S/C18H12ClN3O2/c1-11-15(9-16(23-11)12-4-6-14(19)7-5-12)18-22-21-17(24-18)13-3-2-8-20-10-13/h2-10,22H,1H2. The second-order valence-electron chi connectivity index (χ2n) is 5.16. The molecule has 0 aliphatic carbocycles. The molecule has 0 bridgehead atoms. The molecule has 5 nitrogen and oxygen atoms in total. The molecule has 4 rings (SSSR count). The van der Waals surface area contributed by atoms with Crippen molar-refractivity contribution in [2.75, 3.05) is 0 Å². The van der Waals surface area contributed by atoms with E-state index in [1.165, 1.54) is 0 Å². The van der Waals surface area contributed by atoms with Gasteiger partial charge in [0.15, 0.2) is 0 Å². The van der Waals surface area contributed by atoms with E-state index in [1.54, 1.807) is 12.4 Å². The summed E-state index contributed by atoms with van der Waals surface area (Å²) in [5, 5.41) is 5.56. The maximum atomic E-state index is 5.92. The highest BCUT2D eigenvalue weighted by atomic mass is 35.5. The summed E-state index contributed by atoms with van der Waals surface area (Å²) in [4.78, 5) is 4.06. The summed E-state index contributed by atoms with van der Waals surface area (Å²) < 4.78 is 11.5. The van der Waals surface area contributed by atoms with Crippen LogP contribution in [0.1, 0.15) is 5.56 Å². The normalized spacial score (nSPS) is 15.6. The molecular weight excluding hydrogens is 326 g/mol. The second kappa shape index (κ2) is 5.86. The molecule has 118 valence electrons. The molecule has 1 N–H and O–H groups in total. The fourth-order valence-corrected chi connectivity index (χ4v) is 2.48. The van der Waals surface area contributed by atoms with Gasteiger partial charge in [-0.1, -0.05) is 18.2 Å². The number of hydrazone groups is 1. The highest BCUT2D eigenvalue weighted by Gasteiger charge is 2.17. The van der Waals surface area contributed by atoms with Crippen molar-refractivity contribution in [3.8, 4) is 11.3 Å². The van der Waals surface area contributed by atoms with Crippen molar-refractivity contribution < 1.29 is 9.15 Å². The smallest absolute Gasteiger partial charge is 0.247 e. The lowest BCUT2D eigenvalue weighted by molar-refractivity contribution is 0.497. The summed E-state index contributed by atoms with van der Waals surface area (Å²) in [6.07, 6.45) is 3.38. The van der Waals surface area contributed by atoms with Gasteiger partial charge in [0.05, 0.1) is 10.8 Å². The van der Waals surface area contributed by atoms with Crippen LogP contribution in [0.3, 0.4) is 0 Å². The Bertz CT molecular complexity index is 1020. The first-order valence-corrected chi connectivity index (χ1v) is 7.59. The van der Waals surface area contributed by atoms with Gasteiger partial charge in [-0.15, -0.1) is 5.10 Å². The van der Waals surface area contributed by atoms with Crippen LogP contribution in [0.25, 0.3) is 23.8 Å². The van der Waals surface area contributed by atoms with E-state index in [2.05, 4.69) is 22.1 Å². The predicted molar refractivity (Wildman–Crippen MR) is 92.3 cm³/mol. The van der Waals surface area contributed by atoms with E-state index < -0.39 is 0 Å². The van der Waals surface area contributed by atoms with Crippen molar-refractivity contribution >= 4 is 30.0 Å². The Morgan fingerprint density at radius 3 is 2.67 bits per heavy atom. The summed E-state index contributed by atoms with van der Waals surface area (Å²) in [6.45, 7) is 3.93. The van der Waals surface area contributed by atoms with E-state index in [4.69, 9.17) is 20.8 Å². The number of benzene rings is 1. The fourth-order valence-electron chi connectivity index (χ4n) is 2.35. The lowest BCUT2D eigenvalue weighted by Crippen LogP contribution is -2.25. The van der Waals surface area contributed by atoms with Crippen LogP contribution in [0.2, 0.25) is 5.02 Å². The molecule has 3 heterocycles. The van der Waals surface area contributed by atoms with Crippen LogP contribution in [0, 0.1) is 0 Å². The van der Waals surface area contributed by atoms with E-state index in [-0.39, 0.29) is 0 Å². The number of rotatable bonds is 2. The van der Waals surface area contributed by atoms with Crippen molar-refractivity contribution in [1.82, 2.24) is 10.4 Å². The molecule has 24 heavy (non-hydrogen) atoms. The number of halogens is 1. The molecule has 3 aromatic rings. The number of hydrogen-bond acceptors (Lipinski definition) is 5. The van der Waals surface area contributed by atoms with Crippen LogP contribution in [0.15, 0.2) is 64.4 Å². The van der Waals surface area contributed by atoms with Crippen molar-refractivity contribution in [3.05, 3.63) is 76.1 Å². The average Bonchev–Trinajstić information content (AvgIpc) is 3.23. The maximum absolute atomic E-state index is 5.92. The molecule has 0 atom stereocenters. The lowest BCUT2D eigenvalue weighted by atomic mass is 10.2. The van der Waals surface area contributed by atoms with Gasteiger partial charge in [0, 0.05) is 23.0 Å². The summed E-state index contributed by atoms with van der Waals surface area (Å²) in [7, 11) is 0. The third-order valence-corrected chi connectivity index (χ3v) is 3.80. The largest absolute Gasteiger partial charge is 0.457 e. The zero-order chi connectivity index (χ0) is 16.5. The quantitative estimate of drug-likeness (QED) is 0.780. The van der Waals surface area contributed by atoms with Crippen LogP contribution in [0.5, 0.6) is 0 Å². The molecule has 1 aromatic carbocycles. The Balaban J connectivity index is 1.69. The summed E-state index contributed by atoms with van der Waals surface area (Å²) >= 11 is 5.92. The van der Waals surface area contributed by atoms with Gasteiger partial charge in [-0.3, -0.25) is 4.98 Å². The molecule has 6 heteroatoms. The monoisotopic (exact) mass is 337 g/mol. The minimum absolute atomic E-state index is 0.451. The van der Waals surface area contributed by atoms with E-state index in [0.29, 0.717) is 33.2 Å². The molecular formula is C18H12ClN3O2. The number of nitrogens with one attached hydrogen (secondary N) is 1. The van der Waals surface area contributed by atoms with Crippen LogP contribution in [-0.4, -0.2) is 10.9 Å². The van der Waals surface area contributed by atoms with Gasteiger partial charge in [0.2, 0.25) is 11.8 Å². The molecule has 0 unspecified atom stereocenters. The van der Waals surface area contributed by atoms with Crippen molar-refractivity contribution in [3.63, 3.8) is 0 Å². The van der Waals surface area contributed by atoms with Crippen molar-refractivity contribution in [1.29, 1.82) is 0 Å². The summed E-state index contributed by atoms with van der Waals surface area (Å²) in [5.74, 6) is 1.61. The first-order chi connectivity index (χ1) is 11.7. The first-order valence-electron chi connectivity index (χ1n) is 7.22. The van der Waals surface area contributed by atoms with Crippen LogP contribution in [0.4, 0.5) is 0 Å². The second-order valence-corrected chi connectivity index (χ2v) is 5.59. The number of ether oxygens (including phenoxy) is 1. The predicted octanol–water partition coefficient (Wildman–Crippen LogP) is 2.45. The SMILES string of the molecule is C=c1oc(-c2ccc(Cl)cc2)cc1=C1NN=C(c2cccnc2)O1. The number of aromatic nitrogens is 1. The van der Waals surface area contributed by atoms with Crippen molar-refractivity contribution in [2.24, 2.45) is 5.10 Å². The van der Waals surface area contributed by atoms with Gasteiger partial charge >= 0.3 is 0 Å². The van der Waals surface area contributed by atoms with Crippen molar-refractivity contribution in [2.45, 2.75) is 0 Å². The van der Waals surface area contributed by atoms with E-state index in [9.17, 15) is 0 Å². The fraction of sp³-hybridized carbons (Fsp3) is 0. The Hall–Kier alpha value is -3.05. The molecule has 0 amide bonds. The van der Waals surface area contributed by atoms with Gasteiger partial charge in [-0.05, 0) is 42.5 Å². The summed E-state index contributed by atoms with van der Waals surface area (Å²) in [5.41, 5.74) is 5.05. The average molecular weight is 338 g/mol. The number of furan rings is 1.